The lowest BCUT2D eigenvalue weighted by molar-refractivity contribution is 0.0781. The minimum Gasteiger partial charge on any atom is -0.340 e. The standard InChI is InChI=1S/C16H17ClN2O/c1-10-7-12(10)9-19(2)16(20)14-8-11-5-3-4-6-13(11)15(17)18-14/h3-6,8,10,12H,7,9H2,1-2H3. The number of pyridine rings is 1. The van der Waals surface area contributed by atoms with Crippen molar-refractivity contribution in [1.82, 2.24) is 9.88 Å². The molecule has 0 bridgehead atoms. The first-order chi connectivity index (χ1) is 9.56. The topological polar surface area (TPSA) is 33.2 Å². The lowest BCUT2D eigenvalue weighted by atomic mass is 10.1. The Bertz CT molecular complexity index is 671. The molecule has 1 saturated carbocycles. The van der Waals surface area contributed by atoms with Crippen LogP contribution in [0.2, 0.25) is 5.15 Å². The first-order valence-electron chi connectivity index (χ1n) is 6.87. The molecule has 3 rings (SSSR count). The Morgan fingerprint density at radius 2 is 2.15 bits per heavy atom. The SMILES string of the molecule is CC1CC1CN(C)C(=O)c1cc2ccccc2c(Cl)n1. The average Bonchev–Trinajstić information content (AvgIpc) is 3.13. The summed E-state index contributed by atoms with van der Waals surface area (Å²) in [5.41, 5.74) is 0.421. The third-order valence-electron chi connectivity index (χ3n) is 4.04. The summed E-state index contributed by atoms with van der Waals surface area (Å²) in [6.07, 6.45) is 1.21. The Hall–Kier alpha value is -1.61. The quantitative estimate of drug-likeness (QED) is 0.808. The van der Waals surface area contributed by atoms with Crippen LogP contribution in [0.25, 0.3) is 10.8 Å². The van der Waals surface area contributed by atoms with Gasteiger partial charge in [0.1, 0.15) is 10.8 Å². The van der Waals surface area contributed by atoms with Gasteiger partial charge in [-0.05, 0) is 29.7 Å². The maximum absolute atomic E-state index is 12.4. The van der Waals surface area contributed by atoms with Gasteiger partial charge < -0.3 is 4.90 Å². The van der Waals surface area contributed by atoms with Crippen molar-refractivity contribution in [2.24, 2.45) is 11.8 Å². The molecule has 2 aromatic rings. The third kappa shape index (κ3) is 2.50. The van der Waals surface area contributed by atoms with E-state index in [0.717, 1.165) is 23.2 Å². The highest BCUT2D eigenvalue weighted by Gasteiger charge is 2.34. The summed E-state index contributed by atoms with van der Waals surface area (Å²) in [5.74, 6) is 1.31. The Kier molecular flexibility index (Phi) is 3.38. The normalized spacial score (nSPS) is 20.9. The van der Waals surface area contributed by atoms with Crippen LogP contribution in [-0.2, 0) is 0 Å². The summed E-state index contributed by atoms with van der Waals surface area (Å²) >= 11 is 6.17. The van der Waals surface area contributed by atoms with E-state index in [-0.39, 0.29) is 5.91 Å². The number of benzene rings is 1. The van der Waals surface area contributed by atoms with Gasteiger partial charge >= 0.3 is 0 Å². The number of carbonyl (C=O) groups excluding carboxylic acids is 1. The molecule has 20 heavy (non-hydrogen) atoms. The molecule has 1 aliphatic carbocycles. The molecule has 0 N–H and O–H groups in total. The second kappa shape index (κ2) is 5.06. The highest BCUT2D eigenvalue weighted by Crippen LogP contribution is 2.38. The second-order valence-corrected chi connectivity index (χ2v) is 6.04. The molecule has 0 radical (unpaired) electrons. The largest absolute Gasteiger partial charge is 0.340 e. The Morgan fingerprint density at radius 1 is 1.45 bits per heavy atom. The molecule has 104 valence electrons. The van der Waals surface area contributed by atoms with Crippen molar-refractivity contribution in [1.29, 1.82) is 0 Å². The average molecular weight is 289 g/mol. The van der Waals surface area contributed by atoms with Gasteiger partial charge in [-0.3, -0.25) is 4.79 Å². The molecule has 1 aliphatic rings. The monoisotopic (exact) mass is 288 g/mol. The van der Waals surface area contributed by atoms with Gasteiger partial charge in [-0.1, -0.05) is 42.8 Å². The van der Waals surface area contributed by atoms with Gasteiger partial charge in [-0.15, -0.1) is 0 Å². The molecule has 1 aromatic heterocycles. The molecular formula is C16H17ClN2O. The second-order valence-electron chi connectivity index (χ2n) is 5.68. The number of amides is 1. The zero-order valence-corrected chi connectivity index (χ0v) is 12.4. The predicted molar refractivity (Wildman–Crippen MR) is 81.0 cm³/mol. The van der Waals surface area contributed by atoms with Gasteiger partial charge in [-0.25, -0.2) is 4.98 Å². The summed E-state index contributed by atoms with van der Waals surface area (Å²) in [5, 5.41) is 2.22. The molecule has 2 atom stereocenters. The molecule has 1 heterocycles. The van der Waals surface area contributed by atoms with Crippen LogP contribution in [-0.4, -0.2) is 29.4 Å². The maximum Gasteiger partial charge on any atom is 0.272 e. The summed E-state index contributed by atoms with van der Waals surface area (Å²) in [7, 11) is 1.83. The van der Waals surface area contributed by atoms with E-state index >= 15 is 0 Å². The lowest BCUT2D eigenvalue weighted by Crippen LogP contribution is -2.29. The van der Waals surface area contributed by atoms with Gasteiger partial charge in [0.15, 0.2) is 0 Å². The van der Waals surface area contributed by atoms with Crippen LogP contribution in [0.1, 0.15) is 23.8 Å². The van der Waals surface area contributed by atoms with Crippen LogP contribution in [0, 0.1) is 11.8 Å². The van der Waals surface area contributed by atoms with Crippen LogP contribution < -0.4 is 0 Å². The molecule has 1 fully saturated rings. The molecule has 0 spiro atoms. The number of hydrogen-bond donors (Lipinski definition) is 0. The fourth-order valence-electron chi connectivity index (χ4n) is 2.55. The van der Waals surface area contributed by atoms with Crippen LogP contribution >= 0.6 is 11.6 Å². The number of hydrogen-bond acceptors (Lipinski definition) is 2. The molecule has 3 nitrogen and oxygen atoms in total. The number of aromatic nitrogens is 1. The molecule has 0 aliphatic heterocycles. The van der Waals surface area contributed by atoms with Crippen molar-refractivity contribution in [2.75, 3.05) is 13.6 Å². The highest BCUT2D eigenvalue weighted by molar-refractivity contribution is 6.34. The van der Waals surface area contributed by atoms with Gasteiger partial charge in [0.2, 0.25) is 0 Å². The van der Waals surface area contributed by atoms with Crippen LogP contribution in [0.4, 0.5) is 0 Å². The molecule has 2 unspecified atom stereocenters. The van der Waals surface area contributed by atoms with Crippen LogP contribution in [0.3, 0.4) is 0 Å². The van der Waals surface area contributed by atoms with E-state index in [4.69, 9.17) is 11.6 Å². The minimum atomic E-state index is -0.0586. The molecule has 1 amide bonds. The third-order valence-corrected chi connectivity index (χ3v) is 4.33. The van der Waals surface area contributed by atoms with Gasteiger partial charge in [0.05, 0.1) is 0 Å². The molecule has 4 heteroatoms. The van der Waals surface area contributed by atoms with E-state index in [0.29, 0.717) is 16.8 Å². The van der Waals surface area contributed by atoms with Crippen molar-refractivity contribution in [2.45, 2.75) is 13.3 Å². The molecule has 1 aromatic carbocycles. The fourth-order valence-corrected chi connectivity index (χ4v) is 2.81. The van der Waals surface area contributed by atoms with Crippen molar-refractivity contribution in [3.63, 3.8) is 0 Å². The summed E-state index contributed by atoms with van der Waals surface area (Å²) in [4.78, 5) is 18.4. The van der Waals surface area contributed by atoms with Gasteiger partial charge in [0, 0.05) is 19.0 Å². The van der Waals surface area contributed by atoms with Gasteiger partial charge in [-0.2, -0.15) is 0 Å². The van der Waals surface area contributed by atoms with Crippen molar-refractivity contribution < 1.29 is 4.79 Å². The van der Waals surface area contributed by atoms with Crippen LogP contribution in [0.15, 0.2) is 30.3 Å². The van der Waals surface area contributed by atoms with Crippen molar-refractivity contribution in [3.8, 4) is 0 Å². The van der Waals surface area contributed by atoms with Gasteiger partial charge in [0.25, 0.3) is 5.91 Å². The first-order valence-corrected chi connectivity index (χ1v) is 7.25. The van der Waals surface area contributed by atoms with Crippen molar-refractivity contribution in [3.05, 3.63) is 41.2 Å². The maximum atomic E-state index is 12.4. The smallest absolute Gasteiger partial charge is 0.272 e. The summed E-state index contributed by atoms with van der Waals surface area (Å²) in [6.45, 7) is 3.01. The number of carbonyl (C=O) groups is 1. The lowest BCUT2D eigenvalue weighted by Gasteiger charge is -2.17. The van der Waals surface area contributed by atoms with Crippen LogP contribution in [0.5, 0.6) is 0 Å². The number of halogens is 1. The van der Waals surface area contributed by atoms with E-state index in [2.05, 4.69) is 11.9 Å². The molecular weight excluding hydrogens is 272 g/mol. The summed E-state index contributed by atoms with van der Waals surface area (Å²) < 4.78 is 0. The van der Waals surface area contributed by atoms with E-state index in [9.17, 15) is 4.79 Å². The first kappa shape index (κ1) is 13.4. The Morgan fingerprint density at radius 3 is 2.85 bits per heavy atom. The van der Waals surface area contributed by atoms with E-state index in [1.807, 2.05) is 37.4 Å². The van der Waals surface area contributed by atoms with Crippen molar-refractivity contribution >= 4 is 28.3 Å². The highest BCUT2D eigenvalue weighted by atomic mass is 35.5. The number of nitrogens with zero attached hydrogens (tertiary/aromatic N) is 2. The minimum absolute atomic E-state index is 0.0586. The zero-order chi connectivity index (χ0) is 14.3. The number of fused-ring (bicyclic) bond motifs is 1. The summed E-state index contributed by atoms with van der Waals surface area (Å²) in [6, 6.07) is 9.52. The van der Waals surface area contributed by atoms with E-state index < -0.39 is 0 Å². The van der Waals surface area contributed by atoms with E-state index in [1.165, 1.54) is 6.42 Å². The number of rotatable bonds is 3. The fraction of sp³-hybridized carbons (Fsp3) is 0.375. The van der Waals surface area contributed by atoms with E-state index in [1.54, 1.807) is 4.90 Å². The Labute approximate surface area is 123 Å². The zero-order valence-electron chi connectivity index (χ0n) is 11.6. The molecule has 0 saturated heterocycles. The Balaban J connectivity index is 1.87. The predicted octanol–water partition coefficient (Wildman–Crippen LogP) is 3.62.